The summed E-state index contributed by atoms with van der Waals surface area (Å²) < 4.78 is 1.04. The maximum Gasteiger partial charge on any atom is 0.238 e. The molecule has 2 amide bonds. The maximum absolute atomic E-state index is 14.1. The molecule has 6 heteroatoms. The second-order valence-corrected chi connectivity index (χ2v) is 10.3. The van der Waals surface area contributed by atoms with Crippen molar-refractivity contribution in [3.63, 3.8) is 0 Å². The first-order chi connectivity index (χ1) is 17.0. The molecule has 1 aliphatic heterocycles. The smallest absolute Gasteiger partial charge is 0.238 e. The number of nitrogens with zero attached hydrogens (tertiary/aromatic N) is 3. The molecule has 4 aromatic rings. The number of likely N-dealkylation sites (tertiary alicyclic amines) is 1. The molecule has 3 aromatic carbocycles. The van der Waals surface area contributed by atoms with E-state index in [1.807, 2.05) is 65.6 Å². The summed E-state index contributed by atoms with van der Waals surface area (Å²) in [5.41, 5.74) is 4.00. The number of anilines is 2. The molecule has 35 heavy (non-hydrogen) atoms. The highest BCUT2D eigenvalue weighted by Crippen LogP contribution is 2.39. The highest BCUT2D eigenvalue weighted by atomic mass is 32.1. The Balaban J connectivity index is 1.45. The fourth-order valence-electron chi connectivity index (χ4n) is 4.70. The van der Waals surface area contributed by atoms with E-state index in [1.165, 1.54) is 16.9 Å². The van der Waals surface area contributed by atoms with E-state index in [-0.39, 0.29) is 24.2 Å². The Kier molecular flexibility index (Phi) is 6.64. The molecule has 2 heterocycles. The van der Waals surface area contributed by atoms with Crippen molar-refractivity contribution in [3.8, 4) is 0 Å². The molecule has 1 aliphatic rings. The minimum Gasteiger partial charge on any atom is -0.342 e. The Labute approximate surface area is 210 Å². The normalized spacial score (nSPS) is 15.8. The number of hydrogen-bond donors (Lipinski definition) is 0. The first kappa shape index (κ1) is 23.2. The average molecular weight is 484 g/mol. The van der Waals surface area contributed by atoms with Crippen LogP contribution in [0.1, 0.15) is 37.3 Å². The monoisotopic (exact) mass is 483 g/mol. The van der Waals surface area contributed by atoms with Crippen LogP contribution < -0.4 is 4.90 Å². The fourth-order valence-corrected chi connectivity index (χ4v) is 5.68. The summed E-state index contributed by atoms with van der Waals surface area (Å²) in [4.78, 5) is 35.4. The van der Waals surface area contributed by atoms with Gasteiger partial charge in [0, 0.05) is 19.5 Å². The topological polar surface area (TPSA) is 53.5 Å². The van der Waals surface area contributed by atoms with Crippen molar-refractivity contribution in [2.24, 2.45) is 5.92 Å². The average Bonchev–Trinajstić information content (AvgIpc) is 3.47. The van der Waals surface area contributed by atoms with Crippen molar-refractivity contribution in [1.82, 2.24) is 9.88 Å². The number of carbonyl (C=O) groups is 2. The van der Waals surface area contributed by atoms with E-state index in [0.29, 0.717) is 18.2 Å². The van der Waals surface area contributed by atoms with E-state index in [2.05, 4.69) is 32.0 Å². The lowest BCUT2D eigenvalue weighted by atomic mass is 9.99. The Morgan fingerprint density at radius 2 is 1.74 bits per heavy atom. The van der Waals surface area contributed by atoms with Crippen molar-refractivity contribution >= 4 is 44.2 Å². The quantitative estimate of drug-likeness (QED) is 0.316. The van der Waals surface area contributed by atoms with Crippen molar-refractivity contribution < 1.29 is 9.59 Å². The Morgan fingerprint density at radius 1 is 1.03 bits per heavy atom. The van der Waals surface area contributed by atoms with Gasteiger partial charge in [0.1, 0.15) is 0 Å². The number of rotatable bonds is 7. The number of hydrogen-bond acceptors (Lipinski definition) is 4. The van der Waals surface area contributed by atoms with Gasteiger partial charge in [0.25, 0.3) is 0 Å². The van der Waals surface area contributed by atoms with Crippen molar-refractivity contribution in [3.05, 3.63) is 90.0 Å². The van der Waals surface area contributed by atoms with Crippen LogP contribution in [0.25, 0.3) is 10.2 Å². The molecule has 1 saturated heterocycles. The van der Waals surface area contributed by atoms with E-state index in [1.54, 1.807) is 4.90 Å². The zero-order chi connectivity index (χ0) is 24.4. The van der Waals surface area contributed by atoms with Crippen LogP contribution in [0.4, 0.5) is 10.8 Å². The van der Waals surface area contributed by atoms with Crippen LogP contribution in [0.15, 0.2) is 78.9 Å². The van der Waals surface area contributed by atoms with Crippen LogP contribution in [0, 0.1) is 5.92 Å². The van der Waals surface area contributed by atoms with Gasteiger partial charge < -0.3 is 4.90 Å². The highest BCUT2D eigenvalue weighted by molar-refractivity contribution is 7.22. The number of fused-ring (bicyclic) bond motifs is 1. The van der Waals surface area contributed by atoms with Gasteiger partial charge in [0.05, 0.1) is 21.8 Å². The Hall–Kier alpha value is -3.51. The van der Waals surface area contributed by atoms with Gasteiger partial charge in [-0.3, -0.25) is 14.5 Å². The van der Waals surface area contributed by atoms with Gasteiger partial charge in [0.2, 0.25) is 11.8 Å². The van der Waals surface area contributed by atoms with E-state index in [9.17, 15) is 9.59 Å². The summed E-state index contributed by atoms with van der Waals surface area (Å²) in [5.74, 6) is -0.178. The third-order valence-corrected chi connectivity index (χ3v) is 7.59. The Bertz CT molecular complexity index is 1320. The Morgan fingerprint density at radius 3 is 2.51 bits per heavy atom. The summed E-state index contributed by atoms with van der Waals surface area (Å²) in [6, 6.07) is 26.1. The van der Waals surface area contributed by atoms with Crippen LogP contribution in [0.3, 0.4) is 0 Å². The number of aromatic nitrogens is 1. The van der Waals surface area contributed by atoms with Crippen LogP contribution in [0.5, 0.6) is 0 Å². The molecule has 0 bridgehead atoms. The number of benzene rings is 3. The number of para-hydroxylation sites is 2. The first-order valence-electron chi connectivity index (χ1n) is 12.1. The first-order valence-corrected chi connectivity index (χ1v) is 12.9. The summed E-state index contributed by atoms with van der Waals surface area (Å²) in [6.45, 7) is 5.32. The summed E-state index contributed by atoms with van der Waals surface area (Å²) in [6.07, 6.45) is 1.02. The van der Waals surface area contributed by atoms with Crippen molar-refractivity contribution in [2.75, 3.05) is 18.0 Å². The largest absolute Gasteiger partial charge is 0.342 e. The van der Waals surface area contributed by atoms with Crippen LogP contribution in [0.2, 0.25) is 0 Å². The van der Waals surface area contributed by atoms with Gasteiger partial charge in [-0.15, -0.1) is 0 Å². The second kappa shape index (κ2) is 10.0. The molecular weight excluding hydrogens is 454 g/mol. The predicted octanol–water partition coefficient (Wildman–Crippen LogP) is 6.18. The molecule has 1 fully saturated rings. The zero-order valence-corrected chi connectivity index (χ0v) is 20.9. The van der Waals surface area contributed by atoms with Crippen molar-refractivity contribution in [2.45, 2.75) is 32.6 Å². The van der Waals surface area contributed by atoms with Gasteiger partial charge >= 0.3 is 0 Å². The fraction of sp³-hybridized carbons (Fsp3) is 0.276. The summed E-state index contributed by atoms with van der Waals surface area (Å²) in [7, 11) is 0. The molecule has 0 unspecified atom stereocenters. The van der Waals surface area contributed by atoms with Gasteiger partial charge in [-0.25, -0.2) is 4.98 Å². The summed E-state index contributed by atoms with van der Waals surface area (Å²) in [5, 5.41) is 0.652. The molecule has 0 spiro atoms. The third-order valence-electron chi connectivity index (χ3n) is 6.57. The van der Waals surface area contributed by atoms with Gasteiger partial charge in [-0.05, 0) is 41.7 Å². The number of amides is 2. The minimum atomic E-state index is -0.398. The maximum atomic E-state index is 14.1. The summed E-state index contributed by atoms with van der Waals surface area (Å²) >= 11 is 1.51. The SMILES string of the molecule is CC(C)c1ccccc1N(C(=O)[C@@H]1CC(=O)N(CCc2ccccc2)C1)c1nc2ccccc2s1. The van der Waals surface area contributed by atoms with Gasteiger partial charge in [0.15, 0.2) is 5.13 Å². The second-order valence-electron chi connectivity index (χ2n) is 9.33. The zero-order valence-electron chi connectivity index (χ0n) is 20.1. The van der Waals surface area contributed by atoms with E-state index in [0.717, 1.165) is 27.9 Å². The molecule has 5 rings (SSSR count). The van der Waals surface area contributed by atoms with Crippen LogP contribution in [-0.2, 0) is 16.0 Å². The molecule has 1 aromatic heterocycles. The van der Waals surface area contributed by atoms with Crippen molar-refractivity contribution in [1.29, 1.82) is 0 Å². The molecule has 0 radical (unpaired) electrons. The lowest BCUT2D eigenvalue weighted by Crippen LogP contribution is -2.35. The molecule has 178 valence electrons. The number of thiazole rings is 1. The van der Waals surface area contributed by atoms with Crippen LogP contribution >= 0.6 is 11.3 Å². The molecule has 0 N–H and O–H groups in total. The van der Waals surface area contributed by atoms with E-state index in [4.69, 9.17) is 4.98 Å². The molecule has 0 saturated carbocycles. The standard InChI is InChI=1S/C29H29N3O2S/c1-20(2)23-12-6-8-14-25(23)32(29-30-24-13-7-9-15-26(24)35-29)28(34)22-18-27(33)31(19-22)17-16-21-10-4-3-5-11-21/h3-15,20,22H,16-19H2,1-2H3/t22-/m1/s1. The van der Waals surface area contributed by atoms with Crippen LogP contribution in [-0.4, -0.2) is 34.8 Å². The number of carbonyl (C=O) groups excluding carboxylic acids is 2. The lowest BCUT2D eigenvalue weighted by Gasteiger charge is -2.26. The third kappa shape index (κ3) is 4.84. The molecule has 1 atom stereocenters. The highest BCUT2D eigenvalue weighted by Gasteiger charge is 2.38. The van der Waals surface area contributed by atoms with Gasteiger partial charge in [-0.1, -0.05) is 85.8 Å². The molecule has 5 nitrogen and oxygen atoms in total. The molecular formula is C29H29N3O2S. The van der Waals surface area contributed by atoms with E-state index >= 15 is 0 Å². The van der Waals surface area contributed by atoms with Gasteiger partial charge in [-0.2, -0.15) is 0 Å². The lowest BCUT2D eigenvalue weighted by molar-refractivity contribution is -0.128. The predicted molar refractivity (Wildman–Crippen MR) is 142 cm³/mol. The minimum absolute atomic E-state index is 0.0423. The molecule has 0 aliphatic carbocycles. The van der Waals surface area contributed by atoms with E-state index < -0.39 is 5.92 Å².